The van der Waals surface area contributed by atoms with E-state index in [4.69, 9.17) is 4.74 Å². The standard InChI is InChI=1S/C20H17FN4O5S/c1-30-20-5-3-2-4-18(20)24-31(28,29)16-10-11-17(19(12-16)25(26)27)23-22-13-14-6-8-15(21)9-7-14/h2-13,23-24H,1H3/b22-13-. The number of halogens is 1. The number of ether oxygens (including phenoxy) is 1. The molecule has 0 bridgehead atoms. The van der Waals surface area contributed by atoms with E-state index in [0.717, 1.165) is 6.07 Å². The quantitative estimate of drug-likeness (QED) is 0.308. The van der Waals surface area contributed by atoms with Gasteiger partial charge in [0, 0.05) is 6.07 Å². The molecule has 0 spiro atoms. The molecule has 0 aromatic heterocycles. The van der Waals surface area contributed by atoms with Crippen molar-refractivity contribution >= 4 is 33.3 Å². The number of nitro benzene ring substituents is 1. The summed E-state index contributed by atoms with van der Waals surface area (Å²) < 4.78 is 45.8. The normalized spacial score (nSPS) is 11.3. The van der Waals surface area contributed by atoms with Gasteiger partial charge in [-0.2, -0.15) is 5.10 Å². The van der Waals surface area contributed by atoms with Gasteiger partial charge in [0.05, 0.1) is 28.8 Å². The minimum Gasteiger partial charge on any atom is -0.495 e. The Morgan fingerprint density at radius 1 is 1.06 bits per heavy atom. The molecule has 3 aromatic rings. The van der Waals surface area contributed by atoms with Crippen LogP contribution in [0.2, 0.25) is 0 Å². The maximum atomic E-state index is 12.9. The van der Waals surface area contributed by atoms with Crippen LogP contribution < -0.4 is 14.9 Å². The Morgan fingerprint density at radius 3 is 2.45 bits per heavy atom. The lowest BCUT2D eigenvalue weighted by molar-refractivity contribution is -0.384. The molecule has 160 valence electrons. The average Bonchev–Trinajstić information content (AvgIpc) is 2.75. The van der Waals surface area contributed by atoms with Gasteiger partial charge in [0.2, 0.25) is 0 Å². The molecular formula is C20H17FN4O5S. The monoisotopic (exact) mass is 444 g/mol. The zero-order valence-electron chi connectivity index (χ0n) is 16.2. The van der Waals surface area contributed by atoms with Crippen molar-refractivity contribution in [2.45, 2.75) is 4.90 Å². The van der Waals surface area contributed by atoms with Crippen molar-refractivity contribution in [3.63, 3.8) is 0 Å². The second-order valence-electron chi connectivity index (χ2n) is 6.16. The molecule has 3 aromatic carbocycles. The van der Waals surface area contributed by atoms with E-state index in [1.807, 2.05) is 0 Å². The molecule has 0 saturated carbocycles. The molecule has 0 atom stereocenters. The molecule has 0 radical (unpaired) electrons. The van der Waals surface area contributed by atoms with Gasteiger partial charge in [-0.3, -0.25) is 20.3 Å². The molecule has 0 aliphatic rings. The van der Waals surface area contributed by atoms with E-state index in [0.29, 0.717) is 11.3 Å². The van der Waals surface area contributed by atoms with E-state index in [-0.39, 0.29) is 16.3 Å². The predicted molar refractivity (Wildman–Crippen MR) is 115 cm³/mol. The van der Waals surface area contributed by atoms with Crippen molar-refractivity contribution in [3.8, 4) is 5.75 Å². The minimum atomic E-state index is -4.12. The van der Waals surface area contributed by atoms with Crippen LogP contribution in [0.1, 0.15) is 5.56 Å². The van der Waals surface area contributed by atoms with Gasteiger partial charge in [-0.1, -0.05) is 24.3 Å². The van der Waals surface area contributed by atoms with E-state index < -0.39 is 26.5 Å². The SMILES string of the molecule is COc1ccccc1NS(=O)(=O)c1ccc(N/N=C\c2ccc(F)cc2)c([N+](=O)[O-])c1. The maximum Gasteiger partial charge on any atom is 0.295 e. The molecule has 0 saturated heterocycles. The highest BCUT2D eigenvalue weighted by atomic mass is 32.2. The van der Waals surface area contributed by atoms with Crippen molar-refractivity contribution in [2.75, 3.05) is 17.3 Å². The number of benzene rings is 3. The van der Waals surface area contributed by atoms with Crippen molar-refractivity contribution in [1.29, 1.82) is 0 Å². The number of para-hydroxylation sites is 2. The molecule has 0 aliphatic heterocycles. The highest BCUT2D eigenvalue weighted by molar-refractivity contribution is 7.92. The number of methoxy groups -OCH3 is 1. The fourth-order valence-electron chi connectivity index (χ4n) is 2.58. The lowest BCUT2D eigenvalue weighted by Crippen LogP contribution is -2.14. The third-order valence-electron chi connectivity index (χ3n) is 4.10. The van der Waals surface area contributed by atoms with Crippen LogP contribution in [0.15, 0.2) is 76.7 Å². The molecule has 0 aliphatic carbocycles. The summed E-state index contributed by atoms with van der Waals surface area (Å²) in [5, 5.41) is 15.4. The molecule has 3 rings (SSSR count). The number of hydrogen-bond acceptors (Lipinski definition) is 7. The third kappa shape index (κ3) is 5.34. The number of hydrazone groups is 1. The summed E-state index contributed by atoms with van der Waals surface area (Å²) in [5.41, 5.74) is 2.76. The van der Waals surface area contributed by atoms with Gasteiger partial charge in [0.25, 0.3) is 15.7 Å². The summed E-state index contributed by atoms with van der Waals surface area (Å²) >= 11 is 0. The summed E-state index contributed by atoms with van der Waals surface area (Å²) in [7, 11) is -2.73. The summed E-state index contributed by atoms with van der Waals surface area (Å²) in [6, 6.07) is 15.2. The summed E-state index contributed by atoms with van der Waals surface area (Å²) in [6.45, 7) is 0. The Kier molecular flexibility index (Phi) is 6.46. The van der Waals surface area contributed by atoms with Gasteiger partial charge in [-0.15, -0.1) is 0 Å². The first-order valence-electron chi connectivity index (χ1n) is 8.79. The van der Waals surface area contributed by atoms with Crippen LogP contribution in [-0.4, -0.2) is 26.7 Å². The van der Waals surface area contributed by atoms with E-state index in [1.54, 1.807) is 18.2 Å². The Hall–Kier alpha value is -3.99. The second-order valence-corrected chi connectivity index (χ2v) is 7.85. The van der Waals surface area contributed by atoms with Crippen LogP contribution in [0, 0.1) is 15.9 Å². The Labute approximate surface area is 177 Å². The fourth-order valence-corrected chi connectivity index (χ4v) is 3.67. The summed E-state index contributed by atoms with van der Waals surface area (Å²) in [5.74, 6) is -0.103. The largest absolute Gasteiger partial charge is 0.495 e. The zero-order valence-corrected chi connectivity index (χ0v) is 17.0. The van der Waals surface area contributed by atoms with Crippen LogP contribution in [-0.2, 0) is 10.0 Å². The zero-order chi connectivity index (χ0) is 22.4. The van der Waals surface area contributed by atoms with E-state index in [2.05, 4.69) is 15.2 Å². The van der Waals surface area contributed by atoms with Crippen molar-refractivity contribution in [1.82, 2.24) is 0 Å². The van der Waals surface area contributed by atoms with Crippen LogP contribution in [0.5, 0.6) is 5.75 Å². The number of rotatable bonds is 8. The summed E-state index contributed by atoms with van der Waals surface area (Å²) in [6.07, 6.45) is 1.34. The van der Waals surface area contributed by atoms with Crippen LogP contribution in [0.4, 0.5) is 21.5 Å². The number of hydrogen-bond donors (Lipinski definition) is 2. The van der Waals surface area contributed by atoms with Gasteiger partial charge in [-0.05, 0) is 42.0 Å². The fraction of sp³-hybridized carbons (Fsp3) is 0.0500. The molecule has 0 unspecified atom stereocenters. The lowest BCUT2D eigenvalue weighted by Gasteiger charge is -2.12. The van der Waals surface area contributed by atoms with E-state index in [9.17, 15) is 22.9 Å². The predicted octanol–water partition coefficient (Wildman–Crippen LogP) is 3.99. The Balaban J connectivity index is 1.85. The molecular weight excluding hydrogens is 427 g/mol. The van der Waals surface area contributed by atoms with Crippen molar-refractivity contribution < 1.29 is 22.5 Å². The number of anilines is 2. The molecule has 31 heavy (non-hydrogen) atoms. The average molecular weight is 444 g/mol. The smallest absolute Gasteiger partial charge is 0.295 e. The van der Waals surface area contributed by atoms with Gasteiger partial charge in [0.1, 0.15) is 17.3 Å². The van der Waals surface area contributed by atoms with Gasteiger partial charge in [0.15, 0.2) is 0 Å². The number of nitrogens with zero attached hydrogens (tertiary/aromatic N) is 2. The van der Waals surface area contributed by atoms with Crippen molar-refractivity contribution in [3.05, 3.63) is 88.2 Å². The highest BCUT2D eigenvalue weighted by Gasteiger charge is 2.22. The number of sulfonamides is 1. The first-order chi connectivity index (χ1) is 14.8. The highest BCUT2D eigenvalue weighted by Crippen LogP contribution is 2.30. The van der Waals surface area contributed by atoms with E-state index in [1.165, 1.54) is 55.8 Å². The number of nitro groups is 1. The topological polar surface area (TPSA) is 123 Å². The molecule has 0 amide bonds. The van der Waals surface area contributed by atoms with Crippen LogP contribution >= 0.6 is 0 Å². The number of nitrogens with one attached hydrogen (secondary N) is 2. The third-order valence-corrected chi connectivity index (χ3v) is 5.46. The Bertz CT molecular complexity index is 1230. The Morgan fingerprint density at radius 2 is 1.77 bits per heavy atom. The van der Waals surface area contributed by atoms with Crippen molar-refractivity contribution in [2.24, 2.45) is 5.10 Å². The molecule has 11 heteroatoms. The first-order valence-corrected chi connectivity index (χ1v) is 10.3. The lowest BCUT2D eigenvalue weighted by atomic mass is 10.2. The van der Waals surface area contributed by atoms with Gasteiger partial charge in [-0.25, -0.2) is 12.8 Å². The minimum absolute atomic E-state index is 0.0143. The van der Waals surface area contributed by atoms with Gasteiger partial charge < -0.3 is 4.74 Å². The van der Waals surface area contributed by atoms with Crippen LogP contribution in [0.3, 0.4) is 0 Å². The molecule has 0 heterocycles. The van der Waals surface area contributed by atoms with Crippen LogP contribution in [0.25, 0.3) is 0 Å². The summed E-state index contributed by atoms with van der Waals surface area (Å²) in [4.78, 5) is 10.4. The first kappa shape index (κ1) is 21.7. The molecule has 0 fully saturated rings. The second kappa shape index (κ2) is 9.22. The molecule has 9 nitrogen and oxygen atoms in total. The maximum absolute atomic E-state index is 12.9. The molecule has 2 N–H and O–H groups in total. The van der Waals surface area contributed by atoms with E-state index >= 15 is 0 Å². The van der Waals surface area contributed by atoms with Gasteiger partial charge >= 0.3 is 0 Å².